The van der Waals surface area contributed by atoms with Crippen molar-refractivity contribution in [1.29, 1.82) is 0 Å². The molecule has 0 spiro atoms. The number of H-pyrrole nitrogens is 2. The van der Waals surface area contributed by atoms with Gasteiger partial charge in [0.15, 0.2) is 0 Å². The Balaban J connectivity index is 0.000000240. The van der Waals surface area contributed by atoms with Crippen molar-refractivity contribution in [3.8, 4) is 23.0 Å². The zero-order valence-electron chi connectivity index (χ0n) is 19.7. The van der Waals surface area contributed by atoms with E-state index in [1.807, 2.05) is 36.7 Å². The molecule has 0 aliphatic carbocycles. The first-order valence-corrected chi connectivity index (χ1v) is 10.5. The van der Waals surface area contributed by atoms with Crippen LogP contribution in [-0.2, 0) is 32.6 Å². The number of aromatic amines is 2. The zero-order valence-corrected chi connectivity index (χ0v) is 22.7. The average Bonchev–Trinajstić information content (AvgIpc) is 3.56. The SMILES string of the molecule is COc1ccc(C=NCc2ccc[nH]2)c([O-])c1.COc1ccc(C=NCc2ccc[nH]2)c([O-])c1.[Zn+2]. The summed E-state index contributed by atoms with van der Waals surface area (Å²) >= 11 is 0. The van der Waals surface area contributed by atoms with Crippen molar-refractivity contribution in [1.82, 2.24) is 9.97 Å². The van der Waals surface area contributed by atoms with Crippen LogP contribution in [0.15, 0.2) is 83.0 Å². The molecular formula is C26H26N4O4Zn. The Morgan fingerprint density at radius 2 is 1.14 bits per heavy atom. The van der Waals surface area contributed by atoms with E-state index in [9.17, 15) is 10.2 Å². The number of methoxy groups -OCH3 is 2. The van der Waals surface area contributed by atoms with Crippen LogP contribution >= 0.6 is 0 Å². The van der Waals surface area contributed by atoms with Crippen LogP contribution in [0.1, 0.15) is 22.5 Å². The van der Waals surface area contributed by atoms with Crippen LogP contribution in [0.25, 0.3) is 0 Å². The van der Waals surface area contributed by atoms with Gasteiger partial charge in [0.1, 0.15) is 11.5 Å². The summed E-state index contributed by atoms with van der Waals surface area (Å²) in [6.45, 7) is 1.08. The van der Waals surface area contributed by atoms with Crippen molar-refractivity contribution in [3.63, 3.8) is 0 Å². The number of benzene rings is 2. The van der Waals surface area contributed by atoms with Crippen LogP contribution < -0.4 is 19.7 Å². The second kappa shape index (κ2) is 14.4. The van der Waals surface area contributed by atoms with Gasteiger partial charge in [-0.3, -0.25) is 9.98 Å². The molecule has 4 aromatic rings. The summed E-state index contributed by atoms with van der Waals surface area (Å²) in [6, 6.07) is 17.5. The monoisotopic (exact) mass is 522 g/mol. The average molecular weight is 524 g/mol. The number of nitrogens with zero attached hydrogens (tertiary/aromatic N) is 2. The normalized spacial score (nSPS) is 10.6. The van der Waals surface area contributed by atoms with E-state index in [2.05, 4.69) is 20.0 Å². The van der Waals surface area contributed by atoms with Gasteiger partial charge in [-0.1, -0.05) is 23.6 Å². The first-order valence-electron chi connectivity index (χ1n) is 10.5. The maximum absolute atomic E-state index is 11.6. The minimum Gasteiger partial charge on any atom is -0.872 e. The largest absolute Gasteiger partial charge is 2.00 e. The van der Waals surface area contributed by atoms with Crippen molar-refractivity contribution in [3.05, 3.63) is 95.6 Å². The quantitative estimate of drug-likeness (QED) is 0.271. The van der Waals surface area contributed by atoms with Crippen LogP contribution in [-0.4, -0.2) is 36.6 Å². The van der Waals surface area contributed by atoms with Crippen LogP contribution in [0.2, 0.25) is 0 Å². The number of rotatable bonds is 8. The third-order valence-corrected chi connectivity index (χ3v) is 4.75. The molecule has 2 heterocycles. The predicted octanol–water partition coefficient (Wildman–Crippen LogP) is 3.43. The summed E-state index contributed by atoms with van der Waals surface area (Å²) in [7, 11) is 3.07. The molecule has 0 bridgehead atoms. The second-order valence-electron chi connectivity index (χ2n) is 7.14. The van der Waals surface area contributed by atoms with Crippen LogP contribution in [0.4, 0.5) is 0 Å². The second-order valence-corrected chi connectivity index (χ2v) is 7.14. The summed E-state index contributed by atoms with van der Waals surface area (Å²) in [5.74, 6) is 0.965. The summed E-state index contributed by atoms with van der Waals surface area (Å²) in [4.78, 5) is 14.5. The summed E-state index contributed by atoms with van der Waals surface area (Å²) in [5, 5.41) is 23.2. The van der Waals surface area contributed by atoms with Crippen molar-refractivity contribution >= 4 is 12.4 Å². The van der Waals surface area contributed by atoms with E-state index in [-0.39, 0.29) is 31.0 Å². The van der Waals surface area contributed by atoms with Gasteiger partial charge in [-0.2, -0.15) is 0 Å². The molecule has 0 unspecified atom stereocenters. The third-order valence-electron chi connectivity index (χ3n) is 4.75. The predicted molar refractivity (Wildman–Crippen MR) is 129 cm³/mol. The Bertz CT molecular complexity index is 1110. The topological polar surface area (TPSA) is 121 Å². The summed E-state index contributed by atoms with van der Waals surface area (Å²) in [6.07, 6.45) is 6.86. The molecule has 9 heteroatoms. The molecular weight excluding hydrogens is 498 g/mol. The van der Waals surface area contributed by atoms with Crippen molar-refractivity contribution in [2.75, 3.05) is 14.2 Å². The first-order chi connectivity index (χ1) is 16.6. The number of aliphatic imine (C=N–C) groups is 2. The number of nitrogens with one attached hydrogen (secondary N) is 2. The van der Waals surface area contributed by atoms with E-state index in [1.54, 1.807) is 36.7 Å². The minimum absolute atomic E-state index is 0. The third kappa shape index (κ3) is 8.79. The van der Waals surface area contributed by atoms with Gasteiger partial charge in [-0.05, 0) is 59.7 Å². The Labute approximate surface area is 217 Å². The molecule has 0 radical (unpaired) electrons. The number of ether oxygens (including phenoxy) is 2. The standard InChI is InChI=1S/2C13H14N2O2.Zn/c2*1-17-12-5-4-10(13(16)7-12)8-14-9-11-3-2-6-15-11;/h2*2-8,15-16H,9H2,1H3;/q;;+2/p-2. The number of aromatic nitrogens is 2. The molecule has 0 saturated carbocycles. The Kier molecular flexibility index (Phi) is 11.3. The van der Waals surface area contributed by atoms with Gasteiger partial charge in [-0.15, -0.1) is 0 Å². The number of hydrogen-bond acceptors (Lipinski definition) is 6. The number of hydrogen-bond donors (Lipinski definition) is 2. The molecule has 2 aromatic carbocycles. The molecule has 8 nitrogen and oxygen atoms in total. The molecule has 0 aliphatic rings. The maximum Gasteiger partial charge on any atom is 2.00 e. The van der Waals surface area contributed by atoms with E-state index in [0.717, 1.165) is 11.4 Å². The first kappa shape index (κ1) is 27.4. The van der Waals surface area contributed by atoms with Gasteiger partial charge in [-0.25, -0.2) is 0 Å². The molecule has 4 rings (SSSR count). The fraction of sp³-hybridized carbons (Fsp3) is 0.154. The fourth-order valence-corrected chi connectivity index (χ4v) is 2.91. The van der Waals surface area contributed by atoms with Crippen LogP contribution in [0, 0.1) is 0 Å². The molecule has 2 aromatic heterocycles. The summed E-state index contributed by atoms with van der Waals surface area (Å²) in [5.41, 5.74) is 3.17. The van der Waals surface area contributed by atoms with Gasteiger partial charge >= 0.3 is 19.5 Å². The van der Waals surface area contributed by atoms with E-state index in [1.165, 1.54) is 26.4 Å². The van der Waals surface area contributed by atoms with E-state index in [0.29, 0.717) is 35.7 Å². The van der Waals surface area contributed by atoms with Crippen LogP contribution in [0.5, 0.6) is 23.0 Å². The molecule has 0 amide bonds. The van der Waals surface area contributed by atoms with E-state index in [4.69, 9.17) is 9.47 Å². The van der Waals surface area contributed by atoms with Gasteiger partial charge < -0.3 is 29.7 Å². The van der Waals surface area contributed by atoms with Gasteiger partial charge in [0, 0.05) is 36.2 Å². The minimum atomic E-state index is -0.0837. The molecule has 0 fully saturated rings. The smallest absolute Gasteiger partial charge is 0.872 e. The van der Waals surface area contributed by atoms with Gasteiger partial charge in [0.25, 0.3) is 0 Å². The Morgan fingerprint density at radius 1 is 0.714 bits per heavy atom. The van der Waals surface area contributed by atoms with Crippen molar-refractivity contribution < 1.29 is 39.2 Å². The van der Waals surface area contributed by atoms with Crippen LogP contribution in [0.3, 0.4) is 0 Å². The molecule has 35 heavy (non-hydrogen) atoms. The van der Waals surface area contributed by atoms with E-state index >= 15 is 0 Å². The molecule has 176 valence electrons. The molecule has 0 atom stereocenters. The van der Waals surface area contributed by atoms with Gasteiger partial charge in [0.05, 0.1) is 27.3 Å². The summed E-state index contributed by atoms with van der Waals surface area (Å²) < 4.78 is 9.93. The Morgan fingerprint density at radius 3 is 1.46 bits per heavy atom. The Hall–Kier alpha value is -3.84. The zero-order chi connectivity index (χ0) is 24.2. The maximum atomic E-state index is 11.6. The molecule has 0 saturated heterocycles. The fourth-order valence-electron chi connectivity index (χ4n) is 2.91. The molecule has 0 aliphatic heterocycles. The van der Waals surface area contributed by atoms with E-state index < -0.39 is 0 Å². The van der Waals surface area contributed by atoms with Gasteiger partial charge in [0.2, 0.25) is 0 Å². The molecule has 2 N–H and O–H groups in total. The van der Waals surface area contributed by atoms with Crippen molar-refractivity contribution in [2.24, 2.45) is 9.98 Å². The van der Waals surface area contributed by atoms with Crippen molar-refractivity contribution in [2.45, 2.75) is 13.1 Å².